The Hall–Kier alpha value is -1.35. The molecule has 1 saturated carbocycles. The molecule has 0 bridgehead atoms. The van der Waals surface area contributed by atoms with E-state index in [1.54, 1.807) is 7.11 Å². The minimum atomic E-state index is 0.158. The summed E-state index contributed by atoms with van der Waals surface area (Å²) in [6, 6.07) is 7.56. The van der Waals surface area contributed by atoms with Crippen molar-refractivity contribution in [3.8, 4) is 5.75 Å². The number of benzene rings is 1. The maximum absolute atomic E-state index is 12.7. The average Bonchev–Trinajstić information content (AvgIpc) is 2.47. The van der Waals surface area contributed by atoms with Crippen LogP contribution in [0.5, 0.6) is 5.75 Å². The van der Waals surface area contributed by atoms with Crippen LogP contribution in [-0.2, 0) is 4.74 Å². The number of carbonyl (C=O) groups excluding carboxylic acids is 1. The second-order valence-electron chi connectivity index (χ2n) is 5.67. The molecule has 1 aliphatic rings. The predicted molar refractivity (Wildman–Crippen MR) is 79.3 cm³/mol. The molecule has 110 valence electrons. The number of carbonyl (C=O) groups is 1. The molecule has 1 aromatic carbocycles. The lowest BCUT2D eigenvalue weighted by Crippen LogP contribution is -2.22. The fraction of sp³-hybridized carbons (Fsp3) is 0.588. The van der Waals surface area contributed by atoms with E-state index in [0.29, 0.717) is 24.9 Å². The Morgan fingerprint density at radius 1 is 1.25 bits per heavy atom. The first kappa shape index (κ1) is 15.0. The summed E-state index contributed by atoms with van der Waals surface area (Å²) in [6.45, 7) is 3.24. The van der Waals surface area contributed by atoms with Gasteiger partial charge in [-0.05, 0) is 30.9 Å². The zero-order valence-electron chi connectivity index (χ0n) is 12.4. The van der Waals surface area contributed by atoms with Crippen molar-refractivity contribution in [1.29, 1.82) is 0 Å². The van der Waals surface area contributed by atoms with Gasteiger partial charge in [-0.1, -0.05) is 31.9 Å². The molecule has 0 radical (unpaired) electrons. The van der Waals surface area contributed by atoms with Crippen LogP contribution in [0.25, 0.3) is 0 Å². The van der Waals surface area contributed by atoms with Crippen molar-refractivity contribution in [2.45, 2.75) is 32.6 Å². The third-order valence-corrected chi connectivity index (χ3v) is 4.00. The van der Waals surface area contributed by atoms with Gasteiger partial charge in [-0.25, -0.2) is 0 Å². The van der Waals surface area contributed by atoms with Crippen LogP contribution in [0, 0.1) is 11.8 Å². The fourth-order valence-electron chi connectivity index (χ4n) is 2.92. The van der Waals surface area contributed by atoms with Crippen molar-refractivity contribution in [2.75, 3.05) is 20.3 Å². The van der Waals surface area contributed by atoms with E-state index in [1.165, 1.54) is 6.42 Å². The predicted octanol–water partition coefficient (Wildman–Crippen LogP) is 3.72. The average molecular weight is 276 g/mol. The molecule has 0 spiro atoms. The van der Waals surface area contributed by atoms with Gasteiger partial charge in [0.05, 0.1) is 12.2 Å². The van der Waals surface area contributed by atoms with Gasteiger partial charge in [-0.2, -0.15) is 0 Å². The van der Waals surface area contributed by atoms with Gasteiger partial charge in [0.25, 0.3) is 0 Å². The highest BCUT2D eigenvalue weighted by Gasteiger charge is 2.27. The lowest BCUT2D eigenvalue weighted by atomic mass is 9.78. The molecular weight excluding hydrogens is 252 g/mol. The fourth-order valence-corrected chi connectivity index (χ4v) is 2.92. The maximum Gasteiger partial charge on any atom is 0.169 e. The Labute approximate surface area is 121 Å². The van der Waals surface area contributed by atoms with Crippen LogP contribution in [0.1, 0.15) is 43.0 Å². The van der Waals surface area contributed by atoms with Gasteiger partial charge in [-0.15, -0.1) is 0 Å². The number of hydrogen-bond acceptors (Lipinski definition) is 3. The molecular formula is C17H24O3. The molecule has 3 nitrogen and oxygen atoms in total. The zero-order chi connectivity index (χ0) is 14.4. The standard InChI is InChI=1S/C17H24O3/c1-13-6-5-7-14(12-13)17(18)15-8-3-4-9-16(15)20-11-10-19-2/h3-4,8-9,13-14H,5-7,10-12H2,1-2H3. The van der Waals surface area contributed by atoms with E-state index in [0.717, 1.165) is 24.8 Å². The minimum Gasteiger partial charge on any atom is -0.490 e. The van der Waals surface area contributed by atoms with E-state index in [4.69, 9.17) is 9.47 Å². The molecule has 1 aliphatic carbocycles. The van der Waals surface area contributed by atoms with Gasteiger partial charge in [0.2, 0.25) is 0 Å². The molecule has 0 aliphatic heterocycles. The smallest absolute Gasteiger partial charge is 0.169 e. The molecule has 0 saturated heterocycles. The van der Waals surface area contributed by atoms with Gasteiger partial charge >= 0.3 is 0 Å². The second-order valence-corrected chi connectivity index (χ2v) is 5.67. The van der Waals surface area contributed by atoms with E-state index in [9.17, 15) is 4.79 Å². The molecule has 0 amide bonds. The molecule has 0 aromatic heterocycles. The van der Waals surface area contributed by atoms with Crippen molar-refractivity contribution in [1.82, 2.24) is 0 Å². The van der Waals surface area contributed by atoms with Gasteiger partial charge < -0.3 is 9.47 Å². The molecule has 3 heteroatoms. The highest BCUT2D eigenvalue weighted by atomic mass is 16.5. The molecule has 2 atom stereocenters. The van der Waals surface area contributed by atoms with Crippen LogP contribution < -0.4 is 4.74 Å². The van der Waals surface area contributed by atoms with E-state index >= 15 is 0 Å². The molecule has 1 aromatic rings. The quantitative estimate of drug-likeness (QED) is 0.587. The molecule has 0 heterocycles. The lowest BCUT2D eigenvalue weighted by molar-refractivity contribution is 0.0861. The topological polar surface area (TPSA) is 35.5 Å². The van der Waals surface area contributed by atoms with Gasteiger partial charge in [0, 0.05) is 13.0 Å². The third-order valence-electron chi connectivity index (χ3n) is 4.00. The number of hydrogen-bond donors (Lipinski definition) is 0. The van der Waals surface area contributed by atoms with Crippen LogP contribution in [0.3, 0.4) is 0 Å². The van der Waals surface area contributed by atoms with Crippen molar-refractivity contribution in [3.05, 3.63) is 29.8 Å². The summed E-state index contributed by atoms with van der Waals surface area (Å²) in [4.78, 5) is 12.7. The number of rotatable bonds is 6. The van der Waals surface area contributed by atoms with Crippen molar-refractivity contribution >= 4 is 5.78 Å². The minimum absolute atomic E-state index is 0.158. The maximum atomic E-state index is 12.7. The third kappa shape index (κ3) is 3.83. The summed E-state index contributed by atoms with van der Waals surface area (Å²) in [6.07, 6.45) is 4.42. The Morgan fingerprint density at radius 3 is 2.80 bits per heavy atom. The largest absolute Gasteiger partial charge is 0.490 e. The summed E-state index contributed by atoms with van der Waals surface area (Å²) in [5.41, 5.74) is 0.725. The second kappa shape index (κ2) is 7.44. The Bertz CT molecular complexity index is 442. The van der Waals surface area contributed by atoms with Crippen LogP contribution in [-0.4, -0.2) is 26.1 Å². The van der Waals surface area contributed by atoms with Gasteiger partial charge in [-0.3, -0.25) is 4.79 Å². The first-order valence-electron chi connectivity index (χ1n) is 7.47. The van der Waals surface area contributed by atoms with Gasteiger partial charge in [0.1, 0.15) is 12.4 Å². The normalized spacial score (nSPS) is 22.5. The van der Waals surface area contributed by atoms with Crippen LogP contribution in [0.4, 0.5) is 0 Å². The zero-order valence-corrected chi connectivity index (χ0v) is 12.4. The SMILES string of the molecule is COCCOc1ccccc1C(=O)C1CCCC(C)C1. The van der Waals surface area contributed by atoms with E-state index in [-0.39, 0.29) is 11.7 Å². The van der Waals surface area contributed by atoms with E-state index in [1.807, 2.05) is 24.3 Å². The first-order chi connectivity index (χ1) is 9.72. The molecule has 20 heavy (non-hydrogen) atoms. The van der Waals surface area contributed by atoms with Crippen LogP contribution >= 0.6 is 0 Å². The van der Waals surface area contributed by atoms with Crippen molar-refractivity contribution in [3.63, 3.8) is 0 Å². The van der Waals surface area contributed by atoms with Crippen LogP contribution in [0.15, 0.2) is 24.3 Å². The van der Waals surface area contributed by atoms with E-state index < -0.39 is 0 Å². The number of ketones is 1. The number of ether oxygens (including phenoxy) is 2. The lowest BCUT2D eigenvalue weighted by Gasteiger charge is -2.26. The number of Topliss-reactive ketones (excluding diaryl/α,β-unsaturated/α-hetero) is 1. The van der Waals surface area contributed by atoms with Gasteiger partial charge in [0.15, 0.2) is 5.78 Å². The Balaban J connectivity index is 2.08. The molecule has 2 unspecified atom stereocenters. The highest BCUT2D eigenvalue weighted by molar-refractivity contribution is 6.00. The summed E-state index contributed by atoms with van der Waals surface area (Å²) in [7, 11) is 1.64. The van der Waals surface area contributed by atoms with Crippen LogP contribution in [0.2, 0.25) is 0 Å². The van der Waals surface area contributed by atoms with Crippen molar-refractivity contribution in [2.24, 2.45) is 11.8 Å². The summed E-state index contributed by atoms with van der Waals surface area (Å²) in [5.74, 6) is 1.74. The molecule has 1 fully saturated rings. The highest BCUT2D eigenvalue weighted by Crippen LogP contribution is 2.33. The Kier molecular flexibility index (Phi) is 5.60. The summed E-state index contributed by atoms with van der Waals surface area (Å²) in [5, 5.41) is 0. The Morgan fingerprint density at radius 2 is 2.05 bits per heavy atom. The number of para-hydroxylation sites is 1. The van der Waals surface area contributed by atoms with Crippen molar-refractivity contribution < 1.29 is 14.3 Å². The summed E-state index contributed by atoms with van der Waals surface area (Å²) >= 11 is 0. The summed E-state index contributed by atoms with van der Waals surface area (Å²) < 4.78 is 10.7. The monoisotopic (exact) mass is 276 g/mol. The number of methoxy groups -OCH3 is 1. The molecule has 0 N–H and O–H groups in total. The first-order valence-corrected chi connectivity index (χ1v) is 7.47. The van der Waals surface area contributed by atoms with E-state index in [2.05, 4.69) is 6.92 Å². The molecule has 2 rings (SSSR count).